The highest BCUT2D eigenvalue weighted by Crippen LogP contribution is 2.32. The van der Waals surface area contributed by atoms with Crippen LogP contribution in [0.4, 0.5) is 9.93 Å². The molecular weight excluding hydrogens is 348 g/mol. The lowest BCUT2D eigenvalue weighted by Crippen LogP contribution is -2.31. The Kier molecular flexibility index (Phi) is 6.58. The van der Waals surface area contributed by atoms with Crippen molar-refractivity contribution in [3.05, 3.63) is 40.7 Å². The second-order valence-corrected chi connectivity index (χ2v) is 7.14. The van der Waals surface area contributed by atoms with Gasteiger partial charge in [-0.25, -0.2) is 9.78 Å². The predicted molar refractivity (Wildman–Crippen MR) is 102 cm³/mol. The van der Waals surface area contributed by atoms with Crippen molar-refractivity contribution in [3.8, 4) is 11.8 Å². The second kappa shape index (κ2) is 9.32. The van der Waals surface area contributed by atoms with Crippen molar-refractivity contribution in [2.24, 2.45) is 5.92 Å². The van der Waals surface area contributed by atoms with E-state index in [1.54, 1.807) is 12.4 Å². The highest BCUT2D eigenvalue weighted by molar-refractivity contribution is 7.16. The van der Waals surface area contributed by atoms with Crippen LogP contribution in [0.5, 0.6) is 0 Å². The van der Waals surface area contributed by atoms with Crippen LogP contribution in [0.25, 0.3) is 0 Å². The van der Waals surface area contributed by atoms with Crippen LogP contribution in [-0.2, 0) is 4.74 Å². The number of anilines is 1. The summed E-state index contributed by atoms with van der Waals surface area (Å²) in [7, 11) is 0. The molecule has 2 heterocycles. The van der Waals surface area contributed by atoms with Gasteiger partial charge in [-0.1, -0.05) is 30.1 Å². The van der Waals surface area contributed by atoms with E-state index in [0.29, 0.717) is 18.3 Å². The molecular formula is C19H22N4O2S. The van der Waals surface area contributed by atoms with Gasteiger partial charge in [0.15, 0.2) is 5.13 Å². The molecule has 0 atom stereocenters. The topological polar surface area (TPSA) is 76.1 Å². The third-order valence-corrected chi connectivity index (χ3v) is 4.91. The first kappa shape index (κ1) is 18.4. The van der Waals surface area contributed by atoms with Gasteiger partial charge in [0.05, 0.1) is 12.3 Å². The Morgan fingerprint density at radius 1 is 1.31 bits per heavy atom. The molecule has 2 N–H and O–H groups in total. The predicted octanol–water partition coefficient (Wildman–Crippen LogP) is 3.18. The largest absolute Gasteiger partial charge is 0.380 e. The monoisotopic (exact) mass is 370 g/mol. The maximum absolute atomic E-state index is 11.9. The molecule has 26 heavy (non-hydrogen) atoms. The lowest BCUT2D eigenvalue weighted by molar-refractivity contribution is 0.131. The number of carbonyl (C=O) groups excluding carboxylic acids is 1. The van der Waals surface area contributed by atoms with E-state index < -0.39 is 0 Å². The molecule has 6 nitrogen and oxygen atoms in total. The van der Waals surface area contributed by atoms with Gasteiger partial charge in [0.1, 0.15) is 4.88 Å². The van der Waals surface area contributed by atoms with Crippen molar-refractivity contribution >= 4 is 22.5 Å². The molecule has 1 fully saturated rings. The Balaban J connectivity index is 1.41. The normalized spacial score (nSPS) is 13.0. The third-order valence-electron chi connectivity index (χ3n) is 3.92. The molecule has 2 aromatic heterocycles. The van der Waals surface area contributed by atoms with Gasteiger partial charge in [0, 0.05) is 31.1 Å². The van der Waals surface area contributed by atoms with Gasteiger partial charge in [0.2, 0.25) is 0 Å². The lowest BCUT2D eigenvalue weighted by Gasteiger charge is -2.06. The van der Waals surface area contributed by atoms with E-state index in [9.17, 15) is 4.79 Å². The second-order valence-electron chi connectivity index (χ2n) is 6.14. The smallest absolute Gasteiger partial charge is 0.321 e. The summed E-state index contributed by atoms with van der Waals surface area (Å²) in [5.41, 5.74) is 1.69. The van der Waals surface area contributed by atoms with E-state index >= 15 is 0 Å². The molecule has 1 saturated carbocycles. The summed E-state index contributed by atoms with van der Waals surface area (Å²) in [6.45, 7) is 3.66. The summed E-state index contributed by atoms with van der Waals surface area (Å²) in [5.74, 6) is 7.03. The van der Waals surface area contributed by atoms with Crippen LogP contribution >= 0.6 is 11.3 Å². The van der Waals surface area contributed by atoms with Gasteiger partial charge in [-0.15, -0.1) is 0 Å². The van der Waals surface area contributed by atoms with Crippen LogP contribution < -0.4 is 10.6 Å². The molecule has 0 aliphatic heterocycles. The van der Waals surface area contributed by atoms with Crippen molar-refractivity contribution in [3.63, 3.8) is 0 Å². The molecule has 0 aromatic carbocycles. The molecule has 7 heteroatoms. The maximum Gasteiger partial charge on any atom is 0.321 e. The number of hydrogen-bond donors (Lipinski definition) is 2. The molecule has 0 spiro atoms. The fourth-order valence-electron chi connectivity index (χ4n) is 2.27. The summed E-state index contributed by atoms with van der Waals surface area (Å²) in [6, 6.07) is 3.42. The van der Waals surface area contributed by atoms with Crippen LogP contribution in [-0.4, -0.2) is 35.8 Å². The zero-order chi connectivity index (χ0) is 18.2. The first-order valence-electron chi connectivity index (χ1n) is 8.73. The molecule has 0 radical (unpaired) electrons. The molecule has 3 rings (SSSR count). The number of amides is 2. The van der Waals surface area contributed by atoms with Crippen LogP contribution in [0.15, 0.2) is 24.5 Å². The number of nitrogens with zero attached hydrogens (tertiary/aromatic N) is 2. The van der Waals surface area contributed by atoms with E-state index in [4.69, 9.17) is 4.74 Å². The van der Waals surface area contributed by atoms with Crippen molar-refractivity contribution in [2.75, 3.05) is 25.1 Å². The van der Waals surface area contributed by atoms with Gasteiger partial charge < -0.3 is 10.1 Å². The molecule has 2 amide bonds. The molecule has 2 aromatic rings. The van der Waals surface area contributed by atoms with Gasteiger partial charge in [-0.2, -0.15) is 0 Å². The number of nitrogens with one attached hydrogen (secondary N) is 2. The van der Waals surface area contributed by atoms with Crippen LogP contribution in [0.3, 0.4) is 0 Å². The number of thiazole rings is 1. The number of aromatic nitrogens is 2. The van der Waals surface area contributed by atoms with Gasteiger partial charge in [-0.3, -0.25) is 10.3 Å². The quantitative estimate of drug-likeness (QED) is 0.580. The summed E-state index contributed by atoms with van der Waals surface area (Å²) >= 11 is 1.36. The highest BCUT2D eigenvalue weighted by Gasteiger charge is 2.20. The van der Waals surface area contributed by atoms with E-state index in [-0.39, 0.29) is 6.03 Å². The molecule has 1 aliphatic carbocycles. The van der Waals surface area contributed by atoms with E-state index in [2.05, 4.69) is 32.4 Å². The summed E-state index contributed by atoms with van der Waals surface area (Å²) < 4.78 is 5.50. The maximum atomic E-state index is 11.9. The first-order valence-corrected chi connectivity index (χ1v) is 9.54. The number of rotatable bonds is 7. The van der Waals surface area contributed by atoms with Crippen molar-refractivity contribution in [2.45, 2.75) is 26.2 Å². The highest BCUT2D eigenvalue weighted by atomic mass is 32.1. The number of ether oxygens (including phenoxy) is 1. The standard InChI is InChI=1S/C19H22N4O2S/c1-14-17(5-4-16-6-9-20-10-7-16)26-19(22-14)23-18(24)21-11-13-25-12-8-15-2-3-15/h6-7,9-10,15H,2-3,8,11-13H2,1H3,(H2,21,22,23,24). The minimum Gasteiger partial charge on any atom is -0.380 e. The number of pyridine rings is 1. The fourth-order valence-corrected chi connectivity index (χ4v) is 3.08. The molecule has 0 saturated heterocycles. The Morgan fingerprint density at radius 2 is 2.12 bits per heavy atom. The van der Waals surface area contributed by atoms with Crippen LogP contribution in [0.1, 0.15) is 35.4 Å². The lowest BCUT2D eigenvalue weighted by atomic mass is 10.2. The zero-order valence-electron chi connectivity index (χ0n) is 14.7. The summed E-state index contributed by atoms with van der Waals surface area (Å²) in [6.07, 6.45) is 7.22. The van der Waals surface area contributed by atoms with Crippen molar-refractivity contribution < 1.29 is 9.53 Å². The van der Waals surface area contributed by atoms with Crippen LogP contribution in [0, 0.1) is 24.7 Å². The minimum atomic E-state index is -0.279. The van der Waals surface area contributed by atoms with E-state index in [1.165, 1.54) is 24.2 Å². The van der Waals surface area contributed by atoms with Gasteiger partial charge >= 0.3 is 6.03 Å². The number of urea groups is 1. The third kappa shape index (κ3) is 6.14. The Morgan fingerprint density at radius 3 is 2.88 bits per heavy atom. The van der Waals surface area contributed by atoms with Gasteiger partial charge in [-0.05, 0) is 37.3 Å². The average Bonchev–Trinajstić information content (AvgIpc) is 3.40. The Hall–Kier alpha value is -2.43. The molecule has 136 valence electrons. The minimum absolute atomic E-state index is 0.279. The van der Waals surface area contributed by atoms with E-state index in [1.807, 2.05) is 19.1 Å². The molecule has 1 aliphatic rings. The Labute approximate surface area is 157 Å². The average molecular weight is 370 g/mol. The zero-order valence-corrected chi connectivity index (χ0v) is 15.6. The van der Waals surface area contributed by atoms with Crippen molar-refractivity contribution in [1.29, 1.82) is 0 Å². The van der Waals surface area contributed by atoms with E-state index in [0.717, 1.165) is 35.1 Å². The Bertz CT molecular complexity index is 791. The number of carbonyl (C=O) groups is 1. The summed E-state index contributed by atoms with van der Waals surface area (Å²) in [5, 5.41) is 6.05. The molecule has 0 unspecified atom stereocenters. The van der Waals surface area contributed by atoms with Crippen LogP contribution in [0.2, 0.25) is 0 Å². The molecule has 0 bridgehead atoms. The summed E-state index contributed by atoms with van der Waals surface area (Å²) in [4.78, 5) is 21.1. The van der Waals surface area contributed by atoms with Crippen molar-refractivity contribution in [1.82, 2.24) is 15.3 Å². The fraction of sp³-hybridized carbons (Fsp3) is 0.421. The van der Waals surface area contributed by atoms with Gasteiger partial charge in [0.25, 0.3) is 0 Å². The number of aryl methyl sites for hydroxylation is 1. The SMILES string of the molecule is Cc1nc(NC(=O)NCCOCCC2CC2)sc1C#Cc1ccncc1. The first-order chi connectivity index (χ1) is 12.7. The number of hydrogen-bond acceptors (Lipinski definition) is 5.